The van der Waals surface area contributed by atoms with E-state index in [4.69, 9.17) is 0 Å². The van der Waals surface area contributed by atoms with E-state index >= 15 is 0 Å². The van der Waals surface area contributed by atoms with Crippen LogP contribution in [0.1, 0.15) is 20.8 Å². The van der Waals surface area contributed by atoms with Crippen LogP contribution in [0.25, 0.3) is 0 Å². The van der Waals surface area contributed by atoms with Crippen LogP contribution in [0.4, 0.5) is 0 Å². The minimum Gasteiger partial charge on any atom is -0.361 e. The van der Waals surface area contributed by atoms with Crippen LogP contribution in [-0.4, -0.2) is 47.9 Å². The van der Waals surface area contributed by atoms with Gasteiger partial charge in [-0.3, -0.25) is 9.79 Å². The normalized spacial score (nSPS) is 22.6. The zero-order valence-electron chi connectivity index (χ0n) is 10.5. The van der Waals surface area contributed by atoms with Crippen LogP contribution in [0.3, 0.4) is 0 Å². The van der Waals surface area contributed by atoms with Crippen molar-refractivity contribution in [2.45, 2.75) is 26.8 Å². The van der Waals surface area contributed by atoms with E-state index in [1.807, 2.05) is 6.92 Å². The topological polar surface area (TPSA) is 44.7 Å². The molecular formula is C11H21N3OS. The largest absolute Gasteiger partial charge is 0.361 e. The molecule has 0 radical (unpaired) electrons. The monoisotopic (exact) mass is 243 g/mol. The van der Waals surface area contributed by atoms with E-state index < -0.39 is 0 Å². The van der Waals surface area contributed by atoms with Crippen LogP contribution in [0.2, 0.25) is 0 Å². The van der Waals surface area contributed by atoms with Crippen LogP contribution in [0.5, 0.6) is 0 Å². The van der Waals surface area contributed by atoms with Gasteiger partial charge in [-0.25, -0.2) is 0 Å². The van der Waals surface area contributed by atoms with Crippen molar-refractivity contribution in [1.82, 2.24) is 10.2 Å². The molecule has 0 saturated carbocycles. The number of amidine groups is 1. The number of hydrogen-bond acceptors (Lipinski definition) is 3. The van der Waals surface area contributed by atoms with Crippen molar-refractivity contribution >= 4 is 22.8 Å². The van der Waals surface area contributed by atoms with E-state index in [1.54, 1.807) is 23.7 Å². The highest BCUT2D eigenvalue weighted by Crippen LogP contribution is 2.18. The molecule has 1 rings (SSSR count). The van der Waals surface area contributed by atoms with Gasteiger partial charge in [0.15, 0.2) is 5.17 Å². The van der Waals surface area contributed by atoms with Crippen molar-refractivity contribution in [3.05, 3.63) is 0 Å². The number of nitrogens with zero attached hydrogens (tertiary/aromatic N) is 2. The zero-order valence-corrected chi connectivity index (χ0v) is 11.3. The summed E-state index contributed by atoms with van der Waals surface area (Å²) in [6.45, 7) is 7.33. The van der Waals surface area contributed by atoms with Crippen LogP contribution in [-0.2, 0) is 4.79 Å². The Bertz CT molecular complexity index is 278. The molecule has 1 N–H and O–H groups in total. The third-order valence-corrected chi connectivity index (χ3v) is 3.82. The lowest BCUT2D eigenvalue weighted by Crippen LogP contribution is -2.33. The Hall–Kier alpha value is -0.710. The third kappa shape index (κ3) is 3.70. The molecule has 1 saturated heterocycles. The first-order chi connectivity index (χ1) is 7.54. The fourth-order valence-corrected chi connectivity index (χ4v) is 2.49. The molecule has 1 amide bonds. The van der Waals surface area contributed by atoms with Crippen molar-refractivity contribution in [1.29, 1.82) is 0 Å². The Kier molecular flexibility index (Phi) is 5.12. The predicted molar refractivity (Wildman–Crippen MR) is 69.8 cm³/mol. The van der Waals surface area contributed by atoms with Gasteiger partial charge in [0.2, 0.25) is 5.91 Å². The van der Waals surface area contributed by atoms with Gasteiger partial charge in [0.1, 0.15) is 6.54 Å². The lowest BCUT2D eigenvalue weighted by Gasteiger charge is -2.14. The quantitative estimate of drug-likeness (QED) is 0.806. The molecule has 1 atom stereocenters. The molecule has 4 nitrogen and oxygen atoms in total. The summed E-state index contributed by atoms with van der Waals surface area (Å²) in [6, 6.07) is 0.489. The first-order valence-electron chi connectivity index (χ1n) is 5.72. The van der Waals surface area contributed by atoms with Gasteiger partial charge < -0.3 is 10.2 Å². The summed E-state index contributed by atoms with van der Waals surface area (Å²) in [5.41, 5.74) is 0. The van der Waals surface area contributed by atoms with Gasteiger partial charge in [0, 0.05) is 25.4 Å². The second-order valence-corrected chi connectivity index (χ2v) is 5.34. The second kappa shape index (κ2) is 6.13. The van der Waals surface area contributed by atoms with E-state index in [9.17, 15) is 4.79 Å². The number of amides is 1. The lowest BCUT2D eigenvalue weighted by atomic mass is 10.1. The van der Waals surface area contributed by atoms with E-state index in [0.29, 0.717) is 12.0 Å². The highest BCUT2D eigenvalue weighted by molar-refractivity contribution is 8.14. The fraction of sp³-hybridized carbons (Fsp3) is 0.818. The summed E-state index contributed by atoms with van der Waals surface area (Å²) in [6.07, 6.45) is 0. The minimum atomic E-state index is 0.0744. The molecule has 0 aliphatic carbocycles. The molecule has 0 aromatic rings. The summed E-state index contributed by atoms with van der Waals surface area (Å²) in [5.74, 6) is 1.73. The number of carbonyl (C=O) groups is 1. The molecular weight excluding hydrogens is 222 g/mol. The highest BCUT2D eigenvalue weighted by atomic mass is 32.2. The Morgan fingerprint density at radius 2 is 2.38 bits per heavy atom. The molecule has 92 valence electrons. The number of likely N-dealkylation sites (N-methyl/N-ethyl adjacent to an activating group) is 1. The Labute approximate surface area is 102 Å². The van der Waals surface area contributed by atoms with Gasteiger partial charge in [0.25, 0.3) is 0 Å². The van der Waals surface area contributed by atoms with Gasteiger partial charge in [-0.05, 0) is 12.8 Å². The van der Waals surface area contributed by atoms with Crippen molar-refractivity contribution < 1.29 is 4.79 Å². The number of carbonyl (C=O) groups excluding carboxylic acids is 1. The minimum absolute atomic E-state index is 0.0744. The van der Waals surface area contributed by atoms with Crippen molar-refractivity contribution in [3.63, 3.8) is 0 Å². The molecule has 1 heterocycles. The van der Waals surface area contributed by atoms with E-state index in [-0.39, 0.29) is 12.5 Å². The third-order valence-electron chi connectivity index (χ3n) is 2.77. The molecule has 0 aromatic carbocycles. The van der Waals surface area contributed by atoms with Crippen molar-refractivity contribution in [2.24, 2.45) is 10.9 Å². The first-order valence-corrected chi connectivity index (χ1v) is 6.71. The molecule has 5 heteroatoms. The zero-order chi connectivity index (χ0) is 12.1. The average molecular weight is 243 g/mol. The number of aliphatic imine (C=N–C) groups is 1. The predicted octanol–water partition coefficient (Wildman–Crippen LogP) is 1.18. The van der Waals surface area contributed by atoms with Crippen LogP contribution >= 0.6 is 11.8 Å². The Balaban J connectivity index is 2.39. The maximum absolute atomic E-state index is 11.5. The van der Waals surface area contributed by atoms with Crippen molar-refractivity contribution in [2.75, 3.05) is 25.9 Å². The summed E-state index contributed by atoms with van der Waals surface area (Å²) in [4.78, 5) is 17.5. The van der Waals surface area contributed by atoms with Crippen LogP contribution < -0.4 is 5.32 Å². The van der Waals surface area contributed by atoms with Gasteiger partial charge in [-0.1, -0.05) is 25.6 Å². The Morgan fingerprint density at radius 3 is 2.88 bits per heavy atom. The van der Waals surface area contributed by atoms with Gasteiger partial charge in [-0.2, -0.15) is 0 Å². The fourth-order valence-electron chi connectivity index (χ4n) is 1.30. The summed E-state index contributed by atoms with van der Waals surface area (Å²) in [7, 11) is 1.80. The molecule has 0 aromatic heterocycles. The number of hydrogen-bond donors (Lipinski definition) is 1. The molecule has 0 spiro atoms. The highest BCUT2D eigenvalue weighted by Gasteiger charge is 2.22. The standard InChI is InChI=1S/C11H21N3OS/c1-5-14(4)10(15)6-12-11-13-9(7-16-11)8(2)3/h8-9H,5-7H2,1-4H3,(H,12,13). The van der Waals surface area contributed by atoms with E-state index in [2.05, 4.69) is 24.2 Å². The summed E-state index contributed by atoms with van der Waals surface area (Å²) < 4.78 is 0. The average Bonchev–Trinajstić information content (AvgIpc) is 2.73. The summed E-state index contributed by atoms with van der Waals surface area (Å²) >= 11 is 1.71. The van der Waals surface area contributed by atoms with Crippen LogP contribution in [0, 0.1) is 5.92 Å². The molecule has 1 aliphatic heterocycles. The maximum atomic E-state index is 11.5. The molecule has 1 unspecified atom stereocenters. The lowest BCUT2D eigenvalue weighted by molar-refractivity contribution is -0.128. The molecule has 16 heavy (non-hydrogen) atoms. The smallest absolute Gasteiger partial charge is 0.244 e. The number of nitrogens with one attached hydrogen (secondary N) is 1. The molecule has 0 bridgehead atoms. The Morgan fingerprint density at radius 1 is 1.69 bits per heavy atom. The van der Waals surface area contributed by atoms with E-state index in [1.165, 1.54) is 0 Å². The SMILES string of the molecule is CCN(C)C(=O)CN=C1NC(C(C)C)CS1. The van der Waals surface area contributed by atoms with Gasteiger partial charge >= 0.3 is 0 Å². The van der Waals surface area contributed by atoms with Gasteiger partial charge in [0.05, 0.1) is 0 Å². The maximum Gasteiger partial charge on any atom is 0.244 e. The van der Waals surface area contributed by atoms with Crippen molar-refractivity contribution in [3.8, 4) is 0 Å². The van der Waals surface area contributed by atoms with E-state index in [0.717, 1.165) is 17.5 Å². The number of rotatable bonds is 4. The molecule has 1 fully saturated rings. The first kappa shape index (κ1) is 13.4. The van der Waals surface area contributed by atoms with Gasteiger partial charge in [-0.15, -0.1) is 0 Å². The van der Waals surface area contributed by atoms with Crippen LogP contribution in [0.15, 0.2) is 4.99 Å². The summed E-state index contributed by atoms with van der Waals surface area (Å²) in [5, 5.41) is 4.26. The molecule has 1 aliphatic rings. The number of thioether (sulfide) groups is 1. The second-order valence-electron chi connectivity index (χ2n) is 4.34.